The van der Waals surface area contributed by atoms with Gasteiger partial charge in [-0.1, -0.05) is 194 Å². The van der Waals surface area contributed by atoms with Gasteiger partial charge in [0.1, 0.15) is 6.61 Å². The summed E-state index contributed by atoms with van der Waals surface area (Å²) in [4.78, 5) is 34.8. The van der Waals surface area contributed by atoms with Crippen LogP contribution < -0.4 is 5.73 Å². The minimum atomic E-state index is -4.36. The molecule has 3 N–H and O–H groups in total. The third kappa shape index (κ3) is 38.5. The van der Waals surface area contributed by atoms with Crippen LogP contribution in [0, 0.1) is 0 Å². The average Bonchev–Trinajstić information content (AvgIpc) is 3.11. The SMILES string of the molecule is CCCCCCCCCCCCCCCCCCCCCC(=O)OC(COC(=O)CCCCCCCCCCCCC)COP(=O)(O)OCCN. The molecule has 0 rings (SSSR count). The van der Waals surface area contributed by atoms with E-state index in [1.807, 2.05) is 0 Å². The lowest BCUT2D eigenvalue weighted by atomic mass is 10.0. The first-order valence-corrected chi connectivity index (χ1v) is 23.0. The molecule has 0 aliphatic rings. The highest BCUT2D eigenvalue weighted by Crippen LogP contribution is 2.43. The summed E-state index contributed by atoms with van der Waals surface area (Å²) in [6.07, 6.45) is 37.0. The third-order valence-electron chi connectivity index (χ3n) is 9.49. The van der Waals surface area contributed by atoms with Crippen LogP contribution in [0.5, 0.6) is 0 Å². The summed E-state index contributed by atoms with van der Waals surface area (Å²) >= 11 is 0. The van der Waals surface area contributed by atoms with Gasteiger partial charge < -0.3 is 20.1 Å². The Morgan fingerprint density at radius 1 is 0.510 bits per heavy atom. The Hall–Kier alpha value is -0.990. The minimum Gasteiger partial charge on any atom is -0.462 e. The summed E-state index contributed by atoms with van der Waals surface area (Å²) in [7, 11) is -4.36. The van der Waals surface area contributed by atoms with Crippen molar-refractivity contribution in [2.24, 2.45) is 5.73 Å². The molecule has 2 atom stereocenters. The summed E-state index contributed by atoms with van der Waals surface area (Å²) < 4.78 is 32.7. The highest BCUT2D eigenvalue weighted by Gasteiger charge is 2.26. The lowest BCUT2D eigenvalue weighted by Crippen LogP contribution is -2.29. The van der Waals surface area contributed by atoms with Crippen molar-refractivity contribution in [2.45, 2.75) is 225 Å². The molecule has 9 nitrogen and oxygen atoms in total. The Bertz CT molecular complexity index is 815. The predicted octanol–water partition coefficient (Wildman–Crippen LogP) is 12.1. The molecule has 0 aliphatic carbocycles. The molecule has 0 spiro atoms. The number of nitrogens with two attached hydrogens (primary N) is 1. The van der Waals surface area contributed by atoms with Crippen molar-refractivity contribution >= 4 is 19.8 Å². The van der Waals surface area contributed by atoms with Gasteiger partial charge in [-0.25, -0.2) is 4.57 Å². The van der Waals surface area contributed by atoms with Crippen LogP contribution in [0.4, 0.5) is 0 Å². The monoisotopic (exact) mass is 748 g/mol. The molecule has 0 aromatic carbocycles. The second-order valence-electron chi connectivity index (χ2n) is 14.6. The van der Waals surface area contributed by atoms with E-state index in [4.69, 9.17) is 24.3 Å². The summed E-state index contributed by atoms with van der Waals surface area (Å²) in [5.74, 6) is -0.815. The first-order chi connectivity index (χ1) is 24.8. The van der Waals surface area contributed by atoms with Crippen LogP contribution in [-0.4, -0.2) is 49.3 Å². The summed E-state index contributed by atoms with van der Waals surface area (Å²) in [5.41, 5.74) is 5.34. The van der Waals surface area contributed by atoms with Gasteiger partial charge in [-0.15, -0.1) is 0 Å². The van der Waals surface area contributed by atoms with Crippen LogP contribution in [0.3, 0.4) is 0 Å². The number of hydrogen-bond donors (Lipinski definition) is 2. The Morgan fingerprint density at radius 2 is 0.843 bits per heavy atom. The Labute approximate surface area is 314 Å². The van der Waals surface area contributed by atoms with Crippen molar-refractivity contribution in [2.75, 3.05) is 26.4 Å². The number of carbonyl (C=O) groups excluding carboxylic acids is 2. The van der Waals surface area contributed by atoms with Gasteiger partial charge >= 0.3 is 19.8 Å². The highest BCUT2D eigenvalue weighted by molar-refractivity contribution is 7.47. The first-order valence-electron chi connectivity index (χ1n) is 21.5. The van der Waals surface area contributed by atoms with Crippen molar-refractivity contribution in [3.05, 3.63) is 0 Å². The van der Waals surface area contributed by atoms with E-state index in [-0.39, 0.29) is 38.6 Å². The van der Waals surface area contributed by atoms with Crippen LogP contribution in [-0.2, 0) is 32.7 Å². The van der Waals surface area contributed by atoms with Crippen molar-refractivity contribution < 1.29 is 37.6 Å². The number of phosphoric ester groups is 1. The van der Waals surface area contributed by atoms with Crippen LogP contribution in [0.2, 0.25) is 0 Å². The number of hydrogen-bond acceptors (Lipinski definition) is 8. The smallest absolute Gasteiger partial charge is 0.462 e. The maximum atomic E-state index is 12.6. The zero-order valence-electron chi connectivity index (χ0n) is 33.4. The van der Waals surface area contributed by atoms with Gasteiger partial charge in [0, 0.05) is 19.4 Å². The number of carbonyl (C=O) groups is 2. The largest absolute Gasteiger partial charge is 0.472 e. The van der Waals surface area contributed by atoms with Crippen molar-refractivity contribution in [3.63, 3.8) is 0 Å². The quantitative estimate of drug-likeness (QED) is 0.0356. The number of unbranched alkanes of at least 4 members (excludes halogenated alkanes) is 28. The fourth-order valence-electron chi connectivity index (χ4n) is 6.28. The number of rotatable bonds is 41. The van der Waals surface area contributed by atoms with E-state index in [0.717, 1.165) is 32.1 Å². The summed E-state index contributed by atoms with van der Waals surface area (Å²) in [6, 6.07) is 0. The number of esters is 2. The van der Waals surface area contributed by atoms with Crippen LogP contribution in [0.15, 0.2) is 0 Å². The Balaban J connectivity index is 4.06. The molecule has 0 radical (unpaired) electrons. The van der Waals surface area contributed by atoms with Crippen molar-refractivity contribution in [3.8, 4) is 0 Å². The molecule has 0 bridgehead atoms. The summed E-state index contributed by atoms with van der Waals surface area (Å²) in [5, 5.41) is 0. The van der Waals surface area contributed by atoms with Gasteiger partial charge in [-0.3, -0.25) is 18.6 Å². The van der Waals surface area contributed by atoms with E-state index in [9.17, 15) is 19.0 Å². The lowest BCUT2D eigenvalue weighted by Gasteiger charge is -2.19. The molecule has 51 heavy (non-hydrogen) atoms. The van der Waals surface area contributed by atoms with Gasteiger partial charge in [0.15, 0.2) is 6.10 Å². The van der Waals surface area contributed by atoms with E-state index in [1.54, 1.807) is 0 Å². The number of ether oxygens (including phenoxy) is 2. The lowest BCUT2D eigenvalue weighted by molar-refractivity contribution is -0.161. The zero-order valence-corrected chi connectivity index (χ0v) is 34.3. The van der Waals surface area contributed by atoms with Gasteiger partial charge in [0.2, 0.25) is 0 Å². The van der Waals surface area contributed by atoms with E-state index in [0.29, 0.717) is 6.42 Å². The minimum absolute atomic E-state index is 0.0580. The fourth-order valence-corrected chi connectivity index (χ4v) is 7.05. The molecule has 0 amide bonds. The molecule has 0 saturated heterocycles. The predicted molar refractivity (Wildman–Crippen MR) is 211 cm³/mol. The molecule has 0 aliphatic heterocycles. The normalized spacial score (nSPS) is 13.3. The molecule has 0 aromatic rings. The van der Waals surface area contributed by atoms with E-state index in [2.05, 4.69) is 13.8 Å². The van der Waals surface area contributed by atoms with E-state index >= 15 is 0 Å². The highest BCUT2D eigenvalue weighted by atomic mass is 31.2. The van der Waals surface area contributed by atoms with Crippen LogP contribution >= 0.6 is 7.82 Å². The van der Waals surface area contributed by atoms with Crippen LogP contribution in [0.25, 0.3) is 0 Å². The third-order valence-corrected chi connectivity index (χ3v) is 10.5. The standard InChI is InChI=1S/C41H82NO8P/c1-3-5-7-9-11-13-15-16-17-18-19-20-21-22-24-26-28-30-32-34-41(44)50-39(38-49-51(45,46)48-36-35-42)37-47-40(43)33-31-29-27-25-23-14-12-10-8-6-4-2/h39H,3-38,42H2,1-2H3,(H,45,46). The second kappa shape index (κ2) is 38.7. The number of phosphoric acid groups is 1. The second-order valence-corrected chi connectivity index (χ2v) is 16.0. The molecule has 0 aromatic heterocycles. The fraction of sp³-hybridized carbons (Fsp3) is 0.951. The maximum absolute atomic E-state index is 12.6. The van der Waals surface area contributed by atoms with Gasteiger partial charge in [0.25, 0.3) is 0 Å². The van der Waals surface area contributed by atoms with Gasteiger partial charge in [-0.2, -0.15) is 0 Å². The zero-order chi connectivity index (χ0) is 37.5. The topological polar surface area (TPSA) is 134 Å². The van der Waals surface area contributed by atoms with Gasteiger partial charge in [-0.05, 0) is 12.8 Å². The molecular formula is C41H82NO8P. The Morgan fingerprint density at radius 3 is 1.20 bits per heavy atom. The molecular weight excluding hydrogens is 665 g/mol. The van der Waals surface area contributed by atoms with Crippen molar-refractivity contribution in [1.29, 1.82) is 0 Å². The molecule has 0 heterocycles. The molecule has 10 heteroatoms. The van der Waals surface area contributed by atoms with E-state index < -0.39 is 26.5 Å². The van der Waals surface area contributed by atoms with Gasteiger partial charge in [0.05, 0.1) is 13.2 Å². The molecule has 304 valence electrons. The first kappa shape index (κ1) is 50.0. The molecule has 0 saturated carbocycles. The van der Waals surface area contributed by atoms with Crippen molar-refractivity contribution in [1.82, 2.24) is 0 Å². The van der Waals surface area contributed by atoms with E-state index in [1.165, 1.54) is 154 Å². The molecule has 2 unspecified atom stereocenters. The molecule has 0 fully saturated rings. The summed E-state index contributed by atoms with van der Waals surface area (Å²) in [6.45, 7) is 3.76. The maximum Gasteiger partial charge on any atom is 0.472 e. The van der Waals surface area contributed by atoms with Crippen LogP contribution in [0.1, 0.15) is 219 Å². The Kier molecular flexibility index (Phi) is 38.0. The average molecular weight is 748 g/mol.